The molecule has 1 unspecified atom stereocenters. The number of hydrogen-bond acceptors (Lipinski definition) is 3. The lowest BCUT2D eigenvalue weighted by Gasteiger charge is -2.19. The lowest BCUT2D eigenvalue weighted by Crippen LogP contribution is -2.35. The third kappa shape index (κ3) is 1.64. The zero-order valence-corrected chi connectivity index (χ0v) is 5.84. The molecule has 0 aromatic rings. The fraction of sp³-hybridized carbons (Fsp3) is 1.00. The summed E-state index contributed by atoms with van der Waals surface area (Å²) in [6, 6.07) is 0.382. The fourth-order valence-corrected chi connectivity index (χ4v) is 0.932. The molecule has 1 rings (SSSR count). The minimum absolute atomic E-state index is 0.382. The summed E-state index contributed by atoms with van der Waals surface area (Å²) < 4.78 is 0. The van der Waals surface area contributed by atoms with Gasteiger partial charge in [-0.05, 0) is 13.3 Å². The average molecular weight is 130 g/mol. The largest absolute Gasteiger partial charge is 0.329 e. The van der Waals surface area contributed by atoms with Crippen LogP contribution in [0.4, 0.5) is 0 Å². The van der Waals surface area contributed by atoms with Gasteiger partial charge in [-0.25, -0.2) is 0 Å². The van der Waals surface area contributed by atoms with Crippen molar-refractivity contribution in [2.45, 2.75) is 19.4 Å². The van der Waals surface area contributed by atoms with Crippen LogP contribution in [0.5, 0.6) is 0 Å². The van der Waals surface area contributed by atoms with Crippen molar-refractivity contribution >= 4 is 0 Å². The molecule has 3 nitrogen and oxygen atoms in total. The summed E-state index contributed by atoms with van der Waals surface area (Å²) in [6.45, 7) is 4.66. The molecule has 9 heavy (non-hydrogen) atoms. The maximum atomic E-state index is 5.43. The highest BCUT2D eigenvalue weighted by atomic mass is 16.7. The third-order valence-corrected chi connectivity index (χ3v) is 1.61. The van der Waals surface area contributed by atoms with Crippen molar-refractivity contribution in [1.82, 2.24) is 5.06 Å². The molecule has 0 amide bonds. The number of hydrogen-bond donors (Lipinski definition) is 1. The Labute approximate surface area is 55.7 Å². The van der Waals surface area contributed by atoms with Gasteiger partial charge in [0.2, 0.25) is 0 Å². The van der Waals surface area contributed by atoms with Gasteiger partial charge in [-0.1, -0.05) is 0 Å². The normalized spacial score (nSPS) is 24.7. The molecule has 2 N–H and O–H groups in total. The van der Waals surface area contributed by atoms with Crippen LogP contribution in [0.25, 0.3) is 0 Å². The second-order valence-electron chi connectivity index (χ2n) is 2.41. The molecule has 0 saturated carbocycles. The van der Waals surface area contributed by atoms with Gasteiger partial charge in [0.1, 0.15) is 0 Å². The number of rotatable bonds is 2. The first-order valence-electron chi connectivity index (χ1n) is 3.44. The molecule has 0 aromatic carbocycles. The van der Waals surface area contributed by atoms with Gasteiger partial charge in [0.05, 0.1) is 6.61 Å². The van der Waals surface area contributed by atoms with E-state index in [0.29, 0.717) is 12.6 Å². The standard InChI is InChI=1S/C6H14N2O/c1-6(5-7)8-3-2-4-9-8/h6H,2-5,7H2,1H3. The van der Waals surface area contributed by atoms with Crippen LogP contribution in [0.3, 0.4) is 0 Å². The molecule has 1 atom stereocenters. The van der Waals surface area contributed by atoms with Gasteiger partial charge in [0.25, 0.3) is 0 Å². The highest BCUT2D eigenvalue weighted by Crippen LogP contribution is 2.07. The Bertz CT molecular complexity index is 81.1. The van der Waals surface area contributed by atoms with Crippen molar-refractivity contribution in [3.8, 4) is 0 Å². The molecule has 0 aromatic heterocycles. The summed E-state index contributed by atoms with van der Waals surface area (Å²) in [5.74, 6) is 0. The van der Waals surface area contributed by atoms with Crippen molar-refractivity contribution in [2.24, 2.45) is 5.73 Å². The molecule has 1 aliphatic rings. The van der Waals surface area contributed by atoms with Gasteiger partial charge in [0.15, 0.2) is 0 Å². The third-order valence-electron chi connectivity index (χ3n) is 1.61. The Morgan fingerprint density at radius 3 is 3.00 bits per heavy atom. The monoisotopic (exact) mass is 130 g/mol. The van der Waals surface area contributed by atoms with E-state index in [0.717, 1.165) is 19.6 Å². The zero-order valence-electron chi connectivity index (χ0n) is 5.84. The fourth-order valence-electron chi connectivity index (χ4n) is 0.932. The Balaban J connectivity index is 2.24. The van der Waals surface area contributed by atoms with Crippen molar-refractivity contribution in [2.75, 3.05) is 19.7 Å². The summed E-state index contributed by atoms with van der Waals surface area (Å²) in [4.78, 5) is 5.26. The molecular weight excluding hydrogens is 116 g/mol. The van der Waals surface area contributed by atoms with E-state index in [9.17, 15) is 0 Å². The van der Waals surface area contributed by atoms with Crippen LogP contribution in [0.15, 0.2) is 0 Å². The van der Waals surface area contributed by atoms with Crippen LogP contribution in [-0.2, 0) is 4.84 Å². The Kier molecular flexibility index (Phi) is 2.45. The number of nitrogens with zero attached hydrogens (tertiary/aromatic N) is 1. The van der Waals surface area contributed by atoms with Crippen LogP contribution < -0.4 is 5.73 Å². The molecule has 0 radical (unpaired) electrons. The zero-order chi connectivity index (χ0) is 6.69. The lowest BCUT2D eigenvalue weighted by molar-refractivity contribution is -0.134. The maximum absolute atomic E-state index is 5.43. The number of hydroxylamine groups is 2. The van der Waals surface area contributed by atoms with Gasteiger partial charge in [-0.15, -0.1) is 0 Å². The molecule has 1 fully saturated rings. The summed E-state index contributed by atoms with van der Waals surface area (Å²) in [6.07, 6.45) is 1.14. The first-order valence-corrected chi connectivity index (χ1v) is 3.44. The van der Waals surface area contributed by atoms with Crippen molar-refractivity contribution in [1.29, 1.82) is 0 Å². The Hall–Kier alpha value is -0.120. The summed E-state index contributed by atoms with van der Waals surface area (Å²) in [7, 11) is 0. The van der Waals surface area contributed by atoms with Crippen molar-refractivity contribution < 1.29 is 4.84 Å². The van der Waals surface area contributed by atoms with E-state index in [1.807, 2.05) is 5.06 Å². The molecule has 54 valence electrons. The van der Waals surface area contributed by atoms with Gasteiger partial charge in [-0.3, -0.25) is 4.84 Å². The molecule has 3 heteroatoms. The van der Waals surface area contributed by atoms with E-state index >= 15 is 0 Å². The van der Waals surface area contributed by atoms with Gasteiger partial charge >= 0.3 is 0 Å². The van der Waals surface area contributed by atoms with Gasteiger partial charge in [-0.2, -0.15) is 5.06 Å². The highest BCUT2D eigenvalue weighted by molar-refractivity contribution is 4.63. The van der Waals surface area contributed by atoms with E-state index in [2.05, 4.69) is 6.92 Å². The molecule has 1 heterocycles. The first kappa shape index (κ1) is 6.99. The highest BCUT2D eigenvalue weighted by Gasteiger charge is 2.16. The quantitative estimate of drug-likeness (QED) is 0.570. The average Bonchev–Trinajstić information content (AvgIpc) is 2.37. The molecule has 1 saturated heterocycles. The molecule has 0 aliphatic carbocycles. The van der Waals surface area contributed by atoms with E-state index in [1.54, 1.807) is 0 Å². The van der Waals surface area contributed by atoms with Gasteiger partial charge < -0.3 is 5.73 Å². The van der Waals surface area contributed by atoms with Gasteiger partial charge in [0, 0.05) is 19.1 Å². The van der Waals surface area contributed by atoms with Crippen LogP contribution >= 0.6 is 0 Å². The smallest absolute Gasteiger partial charge is 0.0698 e. The van der Waals surface area contributed by atoms with Crippen LogP contribution in [0.2, 0.25) is 0 Å². The SMILES string of the molecule is CC(CN)N1CCCO1. The predicted molar refractivity (Wildman–Crippen MR) is 35.8 cm³/mol. The summed E-state index contributed by atoms with van der Waals surface area (Å²) in [5, 5.41) is 1.96. The summed E-state index contributed by atoms with van der Waals surface area (Å²) >= 11 is 0. The van der Waals surface area contributed by atoms with E-state index in [4.69, 9.17) is 10.6 Å². The predicted octanol–water partition coefficient (Wildman–Crippen LogP) is -0.0291. The van der Waals surface area contributed by atoms with Crippen molar-refractivity contribution in [3.05, 3.63) is 0 Å². The summed E-state index contributed by atoms with van der Waals surface area (Å²) in [5.41, 5.74) is 5.43. The topological polar surface area (TPSA) is 38.5 Å². The molecule has 1 aliphatic heterocycles. The lowest BCUT2D eigenvalue weighted by atomic mass is 10.3. The molecular formula is C6H14N2O. The van der Waals surface area contributed by atoms with E-state index in [1.165, 1.54) is 0 Å². The minimum atomic E-state index is 0.382. The van der Waals surface area contributed by atoms with Crippen molar-refractivity contribution in [3.63, 3.8) is 0 Å². The van der Waals surface area contributed by atoms with Crippen LogP contribution in [0.1, 0.15) is 13.3 Å². The van der Waals surface area contributed by atoms with E-state index in [-0.39, 0.29) is 0 Å². The Morgan fingerprint density at radius 2 is 2.56 bits per heavy atom. The Morgan fingerprint density at radius 1 is 1.78 bits per heavy atom. The maximum Gasteiger partial charge on any atom is 0.0698 e. The van der Waals surface area contributed by atoms with E-state index < -0.39 is 0 Å². The molecule has 0 bridgehead atoms. The number of nitrogens with two attached hydrogens (primary N) is 1. The van der Waals surface area contributed by atoms with Crippen LogP contribution in [0, 0.1) is 0 Å². The second-order valence-corrected chi connectivity index (χ2v) is 2.41. The minimum Gasteiger partial charge on any atom is -0.329 e. The molecule has 0 spiro atoms. The van der Waals surface area contributed by atoms with Crippen LogP contribution in [-0.4, -0.2) is 30.8 Å². The second kappa shape index (κ2) is 3.15. The first-order chi connectivity index (χ1) is 4.34.